The molecule has 17 heavy (non-hydrogen) atoms. The molecule has 3 heteroatoms. The molecule has 0 spiro atoms. The number of nitrogens with zero attached hydrogens (tertiary/aromatic N) is 1. The van der Waals surface area contributed by atoms with Gasteiger partial charge in [0, 0.05) is 16.5 Å². The van der Waals surface area contributed by atoms with Crippen LogP contribution in [-0.2, 0) is 5.41 Å². The van der Waals surface area contributed by atoms with Gasteiger partial charge >= 0.3 is 0 Å². The summed E-state index contributed by atoms with van der Waals surface area (Å²) in [4.78, 5) is 4.78. The highest BCUT2D eigenvalue weighted by molar-refractivity contribution is 8.13. The molecule has 0 aromatic heterocycles. The van der Waals surface area contributed by atoms with Gasteiger partial charge in [-0.3, -0.25) is 4.99 Å². The first-order valence-corrected chi connectivity index (χ1v) is 6.97. The lowest BCUT2D eigenvalue weighted by Gasteiger charge is -2.44. The van der Waals surface area contributed by atoms with E-state index in [1.54, 1.807) is 23.9 Å². The van der Waals surface area contributed by atoms with Crippen molar-refractivity contribution in [2.75, 3.05) is 6.26 Å². The van der Waals surface area contributed by atoms with Gasteiger partial charge in [0.25, 0.3) is 0 Å². The third-order valence-electron chi connectivity index (χ3n) is 3.97. The van der Waals surface area contributed by atoms with Crippen LogP contribution in [0.3, 0.4) is 0 Å². The second-order valence-electron chi connectivity index (χ2n) is 5.47. The first-order chi connectivity index (χ1) is 7.81. The monoisotopic (exact) mass is 251 g/mol. The van der Waals surface area contributed by atoms with E-state index in [0.29, 0.717) is 0 Å². The number of hydrogen-bond acceptors (Lipinski definition) is 2. The Kier molecular flexibility index (Phi) is 2.85. The van der Waals surface area contributed by atoms with Gasteiger partial charge in [-0.1, -0.05) is 26.0 Å². The topological polar surface area (TPSA) is 12.4 Å². The zero-order valence-electron chi connectivity index (χ0n) is 11.0. The van der Waals surface area contributed by atoms with Crippen LogP contribution in [0.15, 0.2) is 23.2 Å². The molecule has 1 aliphatic heterocycles. The summed E-state index contributed by atoms with van der Waals surface area (Å²) in [5.74, 6) is -0.123. The predicted octanol–water partition coefficient (Wildman–Crippen LogP) is 4.01. The molecule has 0 atom stereocenters. The summed E-state index contributed by atoms with van der Waals surface area (Å²) in [6.45, 7) is 8.27. The van der Waals surface area contributed by atoms with Gasteiger partial charge in [0.1, 0.15) is 5.82 Å². The molecule has 1 heterocycles. The van der Waals surface area contributed by atoms with Crippen molar-refractivity contribution in [3.8, 4) is 0 Å². The number of halogens is 1. The van der Waals surface area contributed by atoms with E-state index in [-0.39, 0.29) is 16.8 Å². The van der Waals surface area contributed by atoms with Crippen LogP contribution in [0, 0.1) is 5.82 Å². The van der Waals surface area contributed by atoms with Gasteiger partial charge in [0.15, 0.2) is 0 Å². The standard InChI is InChI=1S/C14H18FNS/c1-13(2)11-9(7-6-8-10(11)15)12(17-5)16-14(13,3)4/h6-8H,1-5H3. The van der Waals surface area contributed by atoms with Crippen molar-refractivity contribution in [2.45, 2.75) is 38.6 Å². The van der Waals surface area contributed by atoms with E-state index < -0.39 is 0 Å². The fraction of sp³-hybridized carbons (Fsp3) is 0.500. The van der Waals surface area contributed by atoms with Crippen LogP contribution in [0.5, 0.6) is 0 Å². The van der Waals surface area contributed by atoms with E-state index in [9.17, 15) is 4.39 Å². The lowest BCUT2D eigenvalue weighted by molar-refractivity contribution is 0.294. The zero-order chi connectivity index (χ0) is 12.8. The van der Waals surface area contributed by atoms with Gasteiger partial charge < -0.3 is 0 Å². The first kappa shape index (κ1) is 12.6. The summed E-state index contributed by atoms with van der Waals surface area (Å²) in [6.07, 6.45) is 1.99. The van der Waals surface area contributed by atoms with Gasteiger partial charge in [-0.2, -0.15) is 0 Å². The summed E-state index contributed by atoms with van der Waals surface area (Å²) in [7, 11) is 0. The molecule has 0 bridgehead atoms. The molecule has 2 rings (SSSR count). The highest BCUT2D eigenvalue weighted by Gasteiger charge is 2.45. The summed E-state index contributed by atoms with van der Waals surface area (Å²) in [6, 6.07) is 5.26. The summed E-state index contributed by atoms with van der Waals surface area (Å²) < 4.78 is 14.2. The van der Waals surface area contributed by atoms with Crippen molar-refractivity contribution in [3.63, 3.8) is 0 Å². The molecule has 0 aliphatic carbocycles. The Morgan fingerprint density at radius 1 is 1.18 bits per heavy atom. The molecule has 0 fully saturated rings. The fourth-order valence-electron chi connectivity index (χ4n) is 2.25. The van der Waals surface area contributed by atoms with Crippen molar-refractivity contribution in [1.82, 2.24) is 0 Å². The molecular weight excluding hydrogens is 233 g/mol. The van der Waals surface area contributed by atoms with E-state index in [0.717, 1.165) is 16.2 Å². The molecule has 92 valence electrons. The van der Waals surface area contributed by atoms with Crippen LogP contribution in [-0.4, -0.2) is 16.8 Å². The Morgan fingerprint density at radius 3 is 2.41 bits per heavy atom. The maximum absolute atomic E-state index is 14.2. The molecule has 1 nitrogen and oxygen atoms in total. The van der Waals surface area contributed by atoms with E-state index in [1.165, 1.54) is 0 Å². The Morgan fingerprint density at radius 2 is 1.82 bits per heavy atom. The Hall–Kier alpha value is -0.830. The van der Waals surface area contributed by atoms with Gasteiger partial charge in [-0.15, -0.1) is 11.8 Å². The summed E-state index contributed by atoms with van der Waals surface area (Å²) >= 11 is 1.58. The molecule has 0 N–H and O–H groups in total. The average molecular weight is 251 g/mol. The highest BCUT2D eigenvalue weighted by Crippen LogP contribution is 2.45. The van der Waals surface area contributed by atoms with Crippen LogP contribution in [0.4, 0.5) is 4.39 Å². The third kappa shape index (κ3) is 1.71. The number of thioether (sulfide) groups is 1. The number of aliphatic imine (C=N–C) groups is 1. The molecule has 0 saturated heterocycles. The highest BCUT2D eigenvalue weighted by atomic mass is 32.2. The summed E-state index contributed by atoms with van der Waals surface area (Å²) in [5, 5.41) is 0.934. The zero-order valence-corrected chi connectivity index (χ0v) is 11.8. The molecule has 1 aromatic rings. The molecule has 0 saturated carbocycles. The maximum Gasteiger partial charge on any atom is 0.127 e. The van der Waals surface area contributed by atoms with Crippen LogP contribution in [0.1, 0.15) is 38.8 Å². The Bertz CT molecular complexity index is 489. The van der Waals surface area contributed by atoms with Crippen molar-refractivity contribution < 1.29 is 4.39 Å². The minimum atomic E-state index is -0.299. The average Bonchev–Trinajstić information content (AvgIpc) is 2.23. The molecule has 1 aliphatic rings. The van der Waals surface area contributed by atoms with Crippen molar-refractivity contribution in [2.24, 2.45) is 4.99 Å². The Balaban J connectivity index is 2.79. The lowest BCUT2D eigenvalue weighted by Crippen LogP contribution is -2.46. The minimum Gasteiger partial charge on any atom is -0.271 e. The minimum absolute atomic E-state index is 0.123. The number of rotatable bonds is 0. The predicted molar refractivity (Wildman–Crippen MR) is 73.6 cm³/mol. The van der Waals surface area contributed by atoms with E-state index in [1.807, 2.05) is 12.3 Å². The molecular formula is C14H18FNS. The Labute approximate surface area is 107 Å². The maximum atomic E-state index is 14.2. The first-order valence-electron chi connectivity index (χ1n) is 5.74. The van der Waals surface area contributed by atoms with Crippen LogP contribution in [0.2, 0.25) is 0 Å². The van der Waals surface area contributed by atoms with E-state index >= 15 is 0 Å². The fourth-order valence-corrected chi connectivity index (χ4v) is 2.96. The van der Waals surface area contributed by atoms with Gasteiger partial charge in [-0.25, -0.2) is 4.39 Å². The molecule has 1 aromatic carbocycles. The lowest BCUT2D eigenvalue weighted by atomic mass is 9.67. The largest absolute Gasteiger partial charge is 0.271 e. The van der Waals surface area contributed by atoms with Crippen LogP contribution in [0.25, 0.3) is 0 Å². The molecule has 0 radical (unpaired) electrons. The SMILES string of the molecule is CSC1=NC(C)(C)C(C)(C)c2c(F)cccc21. The molecule has 0 amide bonds. The second kappa shape index (κ2) is 3.84. The quantitative estimate of drug-likeness (QED) is 0.678. The van der Waals surface area contributed by atoms with Gasteiger partial charge in [0.2, 0.25) is 0 Å². The van der Waals surface area contributed by atoms with Crippen molar-refractivity contribution >= 4 is 16.8 Å². The van der Waals surface area contributed by atoms with Gasteiger partial charge in [-0.05, 0) is 26.2 Å². The van der Waals surface area contributed by atoms with Crippen molar-refractivity contribution in [1.29, 1.82) is 0 Å². The van der Waals surface area contributed by atoms with Crippen LogP contribution >= 0.6 is 11.8 Å². The van der Waals surface area contributed by atoms with E-state index in [4.69, 9.17) is 4.99 Å². The second-order valence-corrected chi connectivity index (χ2v) is 6.26. The molecule has 0 unspecified atom stereocenters. The van der Waals surface area contributed by atoms with Gasteiger partial charge in [0.05, 0.1) is 10.6 Å². The normalized spacial score (nSPS) is 20.7. The smallest absolute Gasteiger partial charge is 0.127 e. The van der Waals surface area contributed by atoms with Crippen LogP contribution < -0.4 is 0 Å². The summed E-state index contributed by atoms with van der Waals surface area (Å²) in [5.41, 5.74) is 1.15. The number of benzene rings is 1. The van der Waals surface area contributed by atoms with E-state index in [2.05, 4.69) is 27.7 Å². The van der Waals surface area contributed by atoms with Crippen molar-refractivity contribution in [3.05, 3.63) is 35.1 Å². The number of hydrogen-bond donors (Lipinski definition) is 0. The third-order valence-corrected chi connectivity index (χ3v) is 4.67. The number of fused-ring (bicyclic) bond motifs is 1.